The molecule has 6 rings (SSSR count). The molecule has 0 heterocycles. The maximum Gasteiger partial charge on any atom is 0.306 e. The Kier molecular flexibility index (Phi) is 4.62. The van der Waals surface area contributed by atoms with Gasteiger partial charge in [0.2, 0.25) is 0 Å². The molecule has 0 aromatic carbocycles. The average molecular weight is 473 g/mol. The lowest BCUT2D eigenvalue weighted by Gasteiger charge is -2.64. The molecule has 0 amide bonds. The second-order valence-electron chi connectivity index (χ2n) is 14.6. The van der Waals surface area contributed by atoms with Gasteiger partial charge in [-0.25, -0.2) is 0 Å². The first kappa shape index (κ1) is 23.5. The van der Waals surface area contributed by atoms with E-state index in [2.05, 4.69) is 33.8 Å². The Labute approximate surface area is 204 Å². The molecule has 5 fully saturated rings. The minimum absolute atomic E-state index is 0.0457. The predicted octanol–water partition coefficient (Wildman–Crippen LogP) is 4.40. The summed E-state index contributed by atoms with van der Waals surface area (Å²) in [6.45, 7) is 10.6. The molecule has 0 aromatic heterocycles. The molecule has 0 aromatic rings. The van der Waals surface area contributed by atoms with Crippen LogP contribution in [0.5, 0.6) is 0 Å². The zero-order valence-corrected chi connectivity index (χ0v) is 21.6. The zero-order chi connectivity index (χ0) is 24.6. The highest BCUT2D eigenvalue weighted by molar-refractivity contribution is 5.72. The fourth-order valence-corrected chi connectivity index (χ4v) is 11.3. The van der Waals surface area contributed by atoms with Gasteiger partial charge in [0.25, 0.3) is 0 Å². The van der Waals surface area contributed by atoms with Crippen molar-refractivity contribution in [2.75, 3.05) is 0 Å². The van der Waals surface area contributed by atoms with E-state index in [-0.39, 0.29) is 45.3 Å². The van der Waals surface area contributed by atoms with Gasteiger partial charge in [0.1, 0.15) is 0 Å². The summed E-state index contributed by atoms with van der Waals surface area (Å²) < 4.78 is 0. The summed E-state index contributed by atoms with van der Waals surface area (Å²) in [6.07, 6.45) is 8.11. The van der Waals surface area contributed by atoms with Crippen LogP contribution in [0.4, 0.5) is 0 Å². The summed E-state index contributed by atoms with van der Waals surface area (Å²) in [5.74, 6) is 0.181. The van der Waals surface area contributed by atoms with Crippen LogP contribution in [0.15, 0.2) is 11.6 Å². The third-order valence-electron chi connectivity index (χ3n) is 13.0. The summed E-state index contributed by atoms with van der Waals surface area (Å²) >= 11 is 0. The van der Waals surface area contributed by atoms with Crippen molar-refractivity contribution < 1.29 is 25.2 Å². The molecule has 34 heavy (non-hydrogen) atoms. The SMILES string of the molecule is CC1CC2C(C(=O)O)CC34CC35CCC3C(C)(C)C(O)C(O)CC3(C)C5CC=C4C2CC1(C)O. The van der Waals surface area contributed by atoms with Crippen LogP contribution in [0.25, 0.3) is 0 Å². The number of carbonyl (C=O) groups is 1. The first-order valence-corrected chi connectivity index (χ1v) is 13.7. The Balaban J connectivity index is 1.43. The predicted molar refractivity (Wildman–Crippen MR) is 129 cm³/mol. The van der Waals surface area contributed by atoms with E-state index in [1.165, 1.54) is 5.57 Å². The fourth-order valence-electron chi connectivity index (χ4n) is 11.3. The van der Waals surface area contributed by atoms with Gasteiger partial charge in [-0.3, -0.25) is 4.79 Å². The summed E-state index contributed by atoms with van der Waals surface area (Å²) in [7, 11) is 0. The van der Waals surface area contributed by atoms with Crippen molar-refractivity contribution in [3.63, 3.8) is 0 Å². The van der Waals surface area contributed by atoms with E-state index in [9.17, 15) is 25.2 Å². The topological polar surface area (TPSA) is 98.0 Å². The van der Waals surface area contributed by atoms with Gasteiger partial charge in [0, 0.05) is 0 Å². The summed E-state index contributed by atoms with van der Waals surface area (Å²) in [5.41, 5.74) is 0.410. The number of carboxylic acid groups (broad SMARTS) is 1. The first-order valence-electron chi connectivity index (χ1n) is 13.7. The largest absolute Gasteiger partial charge is 0.481 e. The number of hydrogen-bond acceptors (Lipinski definition) is 4. The molecular formula is C29H44O5. The Morgan fingerprint density at radius 3 is 2.44 bits per heavy atom. The maximum absolute atomic E-state index is 12.6. The quantitative estimate of drug-likeness (QED) is 0.424. The molecule has 0 bridgehead atoms. The van der Waals surface area contributed by atoms with Gasteiger partial charge in [0.15, 0.2) is 0 Å². The molecule has 2 spiro atoms. The van der Waals surface area contributed by atoms with Gasteiger partial charge >= 0.3 is 5.97 Å². The lowest BCUT2D eigenvalue weighted by Crippen LogP contribution is -2.62. The first-order chi connectivity index (χ1) is 15.7. The van der Waals surface area contributed by atoms with Gasteiger partial charge < -0.3 is 20.4 Å². The maximum atomic E-state index is 12.6. The molecule has 6 aliphatic rings. The zero-order valence-electron chi connectivity index (χ0n) is 21.6. The van der Waals surface area contributed by atoms with Crippen molar-refractivity contribution in [3.05, 3.63) is 11.6 Å². The van der Waals surface area contributed by atoms with Crippen molar-refractivity contribution in [3.8, 4) is 0 Å². The van der Waals surface area contributed by atoms with Crippen molar-refractivity contribution in [2.45, 2.75) is 104 Å². The molecule has 0 saturated heterocycles. The molecule has 6 aliphatic carbocycles. The highest BCUT2D eigenvalue weighted by atomic mass is 16.4. The Morgan fingerprint density at radius 1 is 1.06 bits per heavy atom. The van der Waals surface area contributed by atoms with Gasteiger partial charge in [-0.05, 0) is 110 Å². The molecule has 12 unspecified atom stereocenters. The van der Waals surface area contributed by atoms with E-state index in [4.69, 9.17) is 0 Å². The highest BCUT2D eigenvalue weighted by Crippen LogP contribution is 2.86. The van der Waals surface area contributed by atoms with E-state index < -0.39 is 23.8 Å². The number of aliphatic carboxylic acids is 1. The number of aliphatic hydroxyl groups is 3. The minimum Gasteiger partial charge on any atom is -0.481 e. The minimum atomic E-state index is -0.750. The van der Waals surface area contributed by atoms with Crippen LogP contribution in [-0.2, 0) is 4.79 Å². The molecule has 190 valence electrons. The number of carboxylic acids is 1. The van der Waals surface area contributed by atoms with E-state index in [0.29, 0.717) is 24.7 Å². The van der Waals surface area contributed by atoms with Crippen molar-refractivity contribution in [1.29, 1.82) is 0 Å². The van der Waals surface area contributed by atoms with Gasteiger partial charge in [-0.1, -0.05) is 39.3 Å². The van der Waals surface area contributed by atoms with Crippen LogP contribution in [-0.4, -0.2) is 44.2 Å². The normalized spacial score (nSPS) is 59.4. The number of aliphatic hydroxyl groups excluding tert-OH is 2. The van der Waals surface area contributed by atoms with E-state index in [1.807, 2.05) is 6.92 Å². The second kappa shape index (κ2) is 6.69. The second-order valence-corrected chi connectivity index (χ2v) is 14.6. The van der Waals surface area contributed by atoms with Gasteiger partial charge in [-0.2, -0.15) is 0 Å². The van der Waals surface area contributed by atoms with Crippen molar-refractivity contribution in [2.24, 2.45) is 57.2 Å². The lowest BCUT2D eigenvalue weighted by atomic mass is 9.41. The smallest absolute Gasteiger partial charge is 0.306 e. The van der Waals surface area contributed by atoms with E-state index in [1.54, 1.807) is 0 Å². The molecule has 0 radical (unpaired) electrons. The van der Waals surface area contributed by atoms with Crippen molar-refractivity contribution in [1.82, 2.24) is 0 Å². The Bertz CT molecular complexity index is 952. The monoisotopic (exact) mass is 472 g/mol. The molecular weight excluding hydrogens is 428 g/mol. The molecule has 5 nitrogen and oxygen atoms in total. The summed E-state index contributed by atoms with van der Waals surface area (Å²) in [5, 5.41) is 43.3. The summed E-state index contributed by atoms with van der Waals surface area (Å²) in [6, 6.07) is 0. The fraction of sp³-hybridized carbons (Fsp3) is 0.897. The van der Waals surface area contributed by atoms with Gasteiger partial charge in [0.05, 0.1) is 23.7 Å². The van der Waals surface area contributed by atoms with Gasteiger partial charge in [-0.15, -0.1) is 0 Å². The lowest BCUT2D eigenvalue weighted by molar-refractivity contribution is -0.206. The Morgan fingerprint density at radius 2 is 1.76 bits per heavy atom. The van der Waals surface area contributed by atoms with Crippen LogP contribution in [0.3, 0.4) is 0 Å². The number of rotatable bonds is 1. The van der Waals surface area contributed by atoms with Crippen LogP contribution >= 0.6 is 0 Å². The molecule has 5 heteroatoms. The number of hydrogen-bond donors (Lipinski definition) is 4. The molecule has 4 N–H and O–H groups in total. The van der Waals surface area contributed by atoms with Crippen LogP contribution < -0.4 is 0 Å². The third kappa shape index (κ3) is 2.60. The van der Waals surface area contributed by atoms with Crippen LogP contribution in [0.1, 0.15) is 86.0 Å². The van der Waals surface area contributed by atoms with Crippen LogP contribution in [0.2, 0.25) is 0 Å². The highest BCUT2D eigenvalue weighted by Gasteiger charge is 2.80. The number of fused-ring (bicyclic) bond motifs is 4. The average Bonchev–Trinajstić information content (AvgIpc) is 3.39. The molecule has 12 atom stereocenters. The van der Waals surface area contributed by atoms with E-state index >= 15 is 0 Å². The van der Waals surface area contributed by atoms with E-state index in [0.717, 1.165) is 38.5 Å². The third-order valence-corrected chi connectivity index (χ3v) is 13.0. The molecule has 0 aliphatic heterocycles. The standard InChI is InChI=1S/C29H44O5/c1-15-10-16-17(11-27(15,5)34)19-6-7-22-26(4)13-20(30)23(31)25(2,3)21(26)8-9-28(22)14-29(19,28)12-18(16)24(32)33/h6,15-18,20-23,30-31,34H,7-14H2,1-5H3,(H,32,33). The summed E-state index contributed by atoms with van der Waals surface area (Å²) in [4.78, 5) is 12.6. The Hall–Kier alpha value is -0.910. The number of allylic oxidation sites excluding steroid dienone is 2. The van der Waals surface area contributed by atoms with Crippen LogP contribution in [0, 0.1) is 57.2 Å². The van der Waals surface area contributed by atoms with Crippen molar-refractivity contribution >= 4 is 5.97 Å². The molecule has 5 saturated carbocycles.